The number of carbonyl (C=O) groups excluding carboxylic acids is 1. The van der Waals surface area contributed by atoms with E-state index in [2.05, 4.69) is 15.4 Å². The molecule has 0 radical (unpaired) electrons. The highest BCUT2D eigenvalue weighted by Gasteiger charge is 2.52. The van der Waals surface area contributed by atoms with Crippen molar-refractivity contribution in [1.29, 1.82) is 0 Å². The zero-order valence-electron chi connectivity index (χ0n) is 22.4. The van der Waals surface area contributed by atoms with Crippen LogP contribution in [0, 0.1) is 17.8 Å². The maximum atomic E-state index is 13.4. The topological polar surface area (TPSA) is 96.5 Å². The standard InChI is InChI=1S/C29H37N3O4S3/c1-2-36-27(33)25-23-6-4-3-5-7-24(23)38-26(25)31-28(37)30-21-8-10-22(11-9-21)39(34,35)32-29-15-18-12-19(16-29)14-20(13-18)17-29/h8-11,18-20,32H,2-7,12-17H2,1H3,(H2,30,31,37). The van der Waals surface area contributed by atoms with Crippen molar-refractivity contribution in [3.8, 4) is 0 Å². The van der Waals surface area contributed by atoms with E-state index in [1.165, 1.54) is 24.1 Å². The molecule has 1 aromatic heterocycles. The van der Waals surface area contributed by atoms with Crippen molar-refractivity contribution >= 4 is 55.3 Å². The molecule has 5 aliphatic carbocycles. The number of hydrogen-bond donors (Lipinski definition) is 3. The number of thiocarbonyl (C=S) groups is 1. The van der Waals surface area contributed by atoms with E-state index in [4.69, 9.17) is 17.0 Å². The molecule has 7 nitrogen and oxygen atoms in total. The molecule has 7 rings (SSSR count). The van der Waals surface area contributed by atoms with Crippen LogP contribution in [-0.4, -0.2) is 31.6 Å². The second-order valence-electron chi connectivity index (χ2n) is 11.9. The van der Waals surface area contributed by atoms with Gasteiger partial charge < -0.3 is 15.4 Å². The van der Waals surface area contributed by atoms with Crippen LogP contribution in [-0.2, 0) is 27.6 Å². The zero-order chi connectivity index (χ0) is 27.2. The van der Waals surface area contributed by atoms with E-state index in [9.17, 15) is 13.2 Å². The molecule has 0 atom stereocenters. The molecule has 0 saturated heterocycles. The fraction of sp³-hybridized carbons (Fsp3) is 0.586. The van der Waals surface area contributed by atoms with E-state index in [1.54, 1.807) is 35.6 Å². The summed E-state index contributed by atoms with van der Waals surface area (Å²) in [6.07, 6.45) is 11.9. The number of sulfonamides is 1. The Morgan fingerprint density at radius 1 is 1.00 bits per heavy atom. The molecular formula is C29H37N3O4S3. The second kappa shape index (κ2) is 10.8. The van der Waals surface area contributed by atoms with Crippen LogP contribution < -0.4 is 15.4 Å². The lowest BCUT2D eigenvalue weighted by Crippen LogP contribution is -2.59. The van der Waals surface area contributed by atoms with E-state index >= 15 is 0 Å². The van der Waals surface area contributed by atoms with Gasteiger partial charge in [0.15, 0.2) is 5.11 Å². The van der Waals surface area contributed by atoms with Crippen molar-refractivity contribution in [2.75, 3.05) is 17.2 Å². The minimum Gasteiger partial charge on any atom is -0.462 e. The van der Waals surface area contributed by atoms with Gasteiger partial charge in [-0.2, -0.15) is 0 Å². The summed E-state index contributed by atoms with van der Waals surface area (Å²) >= 11 is 7.15. The van der Waals surface area contributed by atoms with E-state index < -0.39 is 10.0 Å². The average Bonchev–Trinajstić information content (AvgIpc) is 3.03. The van der Waals surface area contributed by atoms with E-state index in [-0.39, 0.29) is 16.4 Å². The number of esters is 1. The molecule has 210 valence electrons. The number of benzene rings is 1. The van der Waals surface area contributed by atoms with Gasteiger partial charge in [0.2, 0.25) is 10.0 Å². The first-order chi connectivity index (χ1) is 18.7. The minimum atomic E-state index is -3.62. The highest BCUT2D eigenvalue weighted by atomic mass is 32.2. The number of aryl methyl sites for hydroxylation is 1. The highest BCUT2D eigenvalue weighted by molar-refractivity contribution is 7.89. The molecule has 0 unspecified atom stereocenters. The van der Waals surface area contributed by atoms with Crippen LogP contribution in [0.25, 0.3) is 0 Å². The number of ether oxygens (including phenoxy) is 1. The van der Waals surface area contributed by atoms with Crippen molar-refractivity contribution in [3.63, 3.8) is 0 Å². The Bertz CT molecular complexity index is 1330. The third kappa shape index (κ3) is 5.62. The molecule has 4 fully saturated rings. The van der Waals surface area contributed by atoms with Gasteiger partial charge in [0, 0.05) is 16.1 Å². The van der Waals surface area contributed by atoms with Crippen molar-refractivity contribution < 1.29 is 17.9 Å². The predicted molar refractivity (Wildman–Crippen MR) is 159 cm³/mol. The third-order valence-corrected chi connectivity index (χ3v) is 11.9. The molecule has 10 heteroatoms. The van der Waals surface area contributed by atoms with Crippen molar-refractivity contribution in [2.24, 2.45) is 17.8 Å². The van der Waals surface area contributed by atoms with Crippen LogP contribution in [0.5, 0.6) is 0 Å². The average molecular weight is 588 g/mol. The fourth-order valence-corrected chi connectivity index (χ4v) is 10.8. The molecule has 3 N–H and O–H groups in total. The Kier molecular flexibility index (Phi) is 7.50. The molecule has 1 heterocycles. The first-order valence-electron chi connectivity index (χ1n) is 14.3. The molecule has 4 bridgehead atoms. The quantitative estimate of drug-likeness (QED) is 0.200. The van der Waals surface area contributed by atoms with E-state index in [0.717, 1.165) is 56.9 Å². The summed E-state index contributed by atoms with van der Waals surface area (Å²) in [5.74, 6) is 1.69. The molecular weight excluding hydrogens is 551 g/mol. The molecule has 0 aliphatic heterocycles. The third-order valence-electron chi connectivity index (χ3n) is 8.94. The Balaban J connectivity index is 1.13. The Labute approximate surface area is 240 Å². The van der Waals surface area contributed by atoms with Crippen molar-refractivity contribution in [1.82, 2.24) is 4.72 Å². The molecule has 0 amide bonds. The lowest BCUT2D eigenvalue weighted by atomic mass is 9.53. The number of rotatable bonds is 7. The summed E-state index contributed by atoms with van der Waals surface area (Å²) in [4.78, 5) is 14.3. The first kappa shape index (κ1) is 27.2. The Morgan fingerprint density at radius 2 is 1.64 bits per heavy atom. The summed E-state index contributed by atoms with van der Waals surface area (Å²) in [7, 11) is -3.62. The summed E-state index contributed by atoms with van der Waals surface area (Å²) in [5, 5.41) is 7.41. The highest BCUT2D eigenvalue weighted by Crippen LogP contribution is 2.56. The van der Waals surface area contributed by atoms with Crippen LogP contribution in [0.3, 0.4) is 0 Å². The summed E-state index contributed by atoms with van der Waals surface area (Å²) in [6, 6.07) is 6.73. The molecule has 0 spiro atoms. The largest absolute Gasteiger partial charge is 0.462 e. The Hall–Kier alpha value is -2.01. The SMILES string of the molecule is CCOC(=O)c1c(NC(=S)Nc2ccc(S(=O)(=O)NC34CC5CC(CC(C5)C3)C4)cc2)sc2c1CCCCC2. The maximum Gasteiger partial charge on any atom is 0.341 e. The number of hydrogen-bond acceptors (Lipinski definition) is 6. The molecule has 39 heavy (non-hydrogen) atoms. The molecule has 1 aromatic carbocycles. The van der Waals surface area contributed by atoms with Gasteiger partial charge in [-0.15, -0.1) is 11.3 Å². The monoisotopic (exact) mass is 587 g/mol. The predicted octanol–water partition coefficient (Wildman–Crippen LogP) is 6.25. The van der Waals surface area contributed by atoms with Crippen LogP contribution >= 0.6 is 23.6 Å². The fourth-order valence-electron chi connectivity index (χ4n) is 7.81. The summed E-state index contributed by atoms with van der Waals surface area (Å²) in [5.41, 5.74) is 2.09. The van der Waals surface area contributed by atoms with E-state index in [0.29, 0.717) is 45.7 Å². The van der Waals surface area contributed by atoms with Crippen LogP contribution in [0.15, 0.2) is 29.2 Å². The van der Waals surface area contributed by atoms with Crippen molar-refractivity contribution in [2.45, 2.75) is 88.0 Å². The van der Waals surface area contributed by atoms with Gasteiger partial charge in [-0.1, -0.05) is 6.42 Å². The van der Waals surface area contributed by atoms with Gasteiger partial charge in [0.1, 0.15) is 5.00 Å². The van der Waals surface area contributed by atoms with Gasteiger partial charge in [-0.05, 0) is 131 Å². The molecule has 4 saturated carbocycles. The molecule has 5 aliphatic rings. The van der Waals surface area contributed by atoms with Gasteiger partial charge in [-0.3, -0.25) is 0 Å². The maximum absolute atomic E-state index is 13.4. The van der Waals surface area contributed by atoms with Crippen molar-refractivity contribution in [3.05, 3.63) is 40.3 Å². The van der Waals surface area contributed by atoms with E-state index in [1.807, 2.05) is 6.92 Å². The summed E-state index contributed by atoms with van der Waals surface area (Å²) < 4.78 is 35.2. The number of fused-ring (bicyclic) bond motifs is 1. The van der Waals surface area contributed by atoms with Crippen LogP contribution in [0.2, 0.25) is 0 Å². The van der Waals surface area contributed by atoms with Gasteiger partial charge in [0.25, 0.3) is 0 Å². The number of thiophene rings is 1. The van der Waals surface area contributed by atoms with Gasteiger partial charge in [-0.25, -0.2) is 17.9 Å². The normalized spacial score (nSPS) is 27.5. The lowest BCUT2D eigenvalue weighted by Gasteiger charge is -2.56. The Morgan fingerprint density at radius 3 is 2.28 bits per heavy atom. The van der Waals surface area contributed by atoms with Gasteiger partial charge >= 0.3 is 5.97 Å². The number of anilines is 2. The minimum absolute atomic E-state index is 0.272. The lowest BCUT2D eigenvalue weighted by molar-refractivity contribution is -0.00810. The number of carbonyl (C=O) groups is 1. The van der Waals surface area contributed by atoms with Crippen LogP contribution in [0.1, 0.15) is 85.5 Å². The second-order valence-corrected chi connectivity index (χ2v) is 15.1. The smallest absolute Gasteiger partial charge is 0.341 e. The van der Waals surface area contributed by atoms with Crippen LogP contribution in [0.4, 0.5) is 10.7 Å². The number of nitrogens with one attached hydrogen (secondary N) is 3. The first-order valence-corrected chi connectivity index (χ1v) is 17.0. The van der Waals surface area contributed by atoms with Gasteiger partial charge in [0.05, 0.1) is 17.1 Å². The zero-order valence-corrected chi connectivity index (χ0v) is 24.8. The summed E-state index contributed by atoms with van der Waals surface area (Å²) in [6.45, 7) is 2.13. The molecule has 2 aromatic rings.